The zero-order chi connectivity index (χ0) is 17.4. The molecule has 0 atom stereocenters. The Hall–Kier alpha value is -2.63. The number of para-hydroxylation sites is 1. The van der Waals surface area contributed by atoms with Crippen molar-refractivity contribution in [3.63, 3.8) is 0 Å². The molecule has 2 heterocycles. The number of benzene rings is 2. The zero-order valence-corrected chi connectivity index (χ0v) is 14.4. The molecule has 2 aromatic heterocycles. The molecule has 25 heavy (non-hydrogen) atoms. The average molecular weight is 371 g/mol. The zero-order valence-electron chi connectivity index (χ0n) is 12.9. The Morgan fingerprint density at radius 3 is 2.52 bits per heavy atom. The maximum atomic E-state index is 12.7. The third kappa shape index (κ3) is 2.92. The van der Waals surface area contributed by atoms with Gasteiger partial charge in [-0.1, -0.05) is 47.5 Å². The summed E-state index contributed by atoms with van der Waals surface area (Å²) < 4.78 is 3.12. The molecule has 0 amide bonds. The Morgan fingerprint density at radius 1 is 1.00 bits per heavy atom. The summed E-state index contributed by atoms with van der Waals surface area (Å²) in [6.45, 7) is 0.413. The van der Waals surface area contributed by atoms with Crippen LogP contribution in [0.15, 0.2) is 65.8 Å². The van der Waals surface area contributed by atoms with Crippen LogP contribution in [0, 0.1) is 0 Å². The van der Waals surface area contributed by atoms with Crippen molar-refractivity contribution < 1.29 is 0 Å². The number of aromatic nitrogens is 4. The first-order chi connectivity index (χ1) is 12.1. The highest BCUT2D eigenvalue weighted by atomic mass is 35.5. The van der Waals surface area contributed by atoms with Crippen LogP contribution >= 0.6 is 23.2 Å². The summed E-state index contributed by atoms with van der Waals surface area (Å²) >= 11 is 12.1. The molecule has 0 aliphatic rings. The smallest absolute Gasteiger partial charge is 0.264 e. The van der Waals surface area contributed by atoms with Gasteiger partial charge in [0.1, 0.15) is 11.7 Å². The molecule has 0 unspecified atom stereocenters. The Labute approximate surface area is 153 Å². The Bertz CT molecular complexity index is 1120. The van der Waals surface area contributed by atoms with Gasteiger partial charge in [0.25, 0.3) is 5.56 Å². The number of hydrogen-bond acceptors (Lipinski definition) is 3. The second-order valence-corrected chi connectivity index (χ2v) is 6.39. The minimum Gasteiger partial charge on any atom is -0.294 e. The van der Waals surface area contributed by atoms with Gasteiger partial charge in [-0.05, 0) is 29.8 Å². The minimum atomic E-state index is -0.154. The van der Waals surface area contributed by atoms with Gasteiger partial charge in [0.15, 0.2) is 5.65 Å². The van der Waals surface area contributed by atoms with Crippen molar-refractivity contribution in [3.05, 3.63) is 87.0 Å². The number of fused-ring (bicyclic) bond motifs is 1. The molecule has 0 N–H and O–H groups in total. The quantitative estimate of drug-likeness (QED) is 0.548. The fraction of sp³-hybridized carbons (Fsp3) is 0.0556. The van der Waals surface area contributed by atoms with Gasteiger partial charge in [0, 0.05) is 5.02 Å². The monoisotopic (exact) mass is 370 g/mol. The highest BCUT2D eigenvalue weighted by Gasteiger charge is 2.13. The van der Waals surface area contributed by atoms with Crippen LogP contribution in [0.5, 0.6) is 0 Å². The van der Waals surface area contributed by atoms with E-state index in [1.807, 2.05) is 30.3 Å². The van der Waals surface area contributed by atoms with Crippen LogP contribution in [0.3, 0.4) is 0 Å². The maximum absolute atomic E-state index is 12.7. The van der Waals surface area contributed by atoms with Crippen LogP contribution in [0.4, 0.5) is 0 Å². The molecule has 124 valence electrons. The van der Waals surface area contributed by atoms with Crippen LogP contribution in [0.2, 0.25) is 10.0 Å². The molecule has 0 aliphatic heterocycles. The molecule has 0 saturated carbocycles. The Kier molecular flexibility index (Phi) is 4.03. The van der Waals surface area contributed by atoms with Crippen molar-refractivity contribution in [3.8, 4) is 5.69 Å². The molecule has 4 rings (SSSR count). The van der Waals surface area contributed by atoms with Crippen molar-refractivity contribution in [2.75, 3.05) is 0 Å². The van der Waals surface area contributed by atoms with Crippen LogP contribution < -0.4 is 5.56 Å². The topological polar surface area (TPSA) is 52.7 Å². The molecule has 0 radical (unpaired) electrons. The van der Waals surface area contributed by atoms with E-state index in [1.165, 1.54) is 12.5 Å². The van der Waals surface area contributed by atoms with E-state index in [0.717, 1.165) is 5.56 Å². The maximum Gasteiger partial charge on any atom is 0.264 e. The third-order valence-corrected chi connectivity index (χ3v) is 4.47. The molecule has 0 bridgehead atoms. The van der Waals surface area contributed by atoms with Crippen molar-refractivity contribution >= 4 is 34.2 Å². The van der Waals surface area contributed by atoms with Crippen LogP contribution in [0.1, 0.15) is 5.56 Å². The summed E-state index contributed by atoms with van der Waals surface area (Å²) in [6.07, 6.45) is 3.04. The first-order valence-electron chi connectivity index (χ1n) is 7.56. The first-order valence-corrected chi connectivity index (χ1v) is 8.31. The number of halogens is 2. The minimum absolute atomic E-state index is 0.154. The fourth-order valence-electron chi connectivity index (χ4n) is 2.65. The molecule has 0 saturated heterocycles. The third-order valence-electron chi connectivity index (χ3n) is 3.90. The predicted molar refractivity (Wildman–Crippen MR) is 98.7 cm³/mol. The molecular weight excluding hydrogens is 359 g/mol. The van der Waals surface area contributed by atoms with Crippen LogP contribution in [-0.4, -0.2) is 19.3 Å². The molecule has 0 fully saturated rings. The molecule has 5 nitrogen and oxygen atoms in total. The lowest BCUT2D eigenvalue weighted by Gasteiger charge is -2.07. The van der Waals surface area contributed by atoms with Gasteiger partial charge >= 0.3 is 0 Å². The van der Waals surface area contributed by atoms with Crippen molar-refractivity contribution in [1.29, 1.82) is 0 Å². The molecule has 4 aromatic rings. The summed E-state index contributed by atoms with van der Waals surface area (Å²) in [5, 5.41) is 5.93. The van der Waals surface area contributed by atoms with Crippen molar-refractivity contribution in [2.24, 2.45) is 0 Å². The first kappa shape index (κ1) is 15.9. The van der Waals surface area contributed by atoms with E-state index in [4.69, 9.17) is 23.2 Å². The SMILES string of the molecule is O=c1c2cnn(-c3ccccc3Cl)c2ncn1Cc1ccc(Cl)cc1. The van der Waals surface area contributed by atoms with E-state index in [9.17, 15) is 4.79 Å². The highest BCUT2D eigenvalue weighted by molar-refractivity contribution is 6.32. The lowest BCUT2D eigenvalue weighted by molar-refractivity contribution is 0.745. The van der Waals surface area contributed by atoms with Crippen LogP contribution in [-0.2, 0) is 6.54 Å². The van der Waals surface area contributed by atoms with Gasteiger partial charge in [-0.25, -0.2) is 9.67 Å². The summed E-state index contributed by atoms with van der Waals surface area (Å²) in [5.74, 6) is 0. The lowest BCUT2D eigenvalue weighted by Crippen LogP contribution is -2.21. The molecule has 0 spiro atoms. The van der Waals surface area contributed by atoms with E-state index in [1.54, 1.807) is 27.4 Å². The summed E-state index contributed by atoms with van der Waals surface area (Å²) in [4.78, 5) is 17.2. The van der Waals surface area contributed by atoms with E-state index in [-0.39, 0.29) is 5.56 Å². The number of rotatable bonds is 3. The second kappa shape index (κ2) is 6.35. The van der Waals surface area contributed by atoms with E-state index < -0.39 is 0 Å². The molecule has 2 aromatic carbocycles. The Balaban J connectivity index is 1.78. The van der Waals surface area contributed by atoms with E-state index in [2.05, 4.69) is 10.1 Å². The number of hydrogen-bond donors (Lipinski definition) is 0. The van der Waals surface area contributed by atoms with Gasteiger partial charge in [-0.3, -0.25) is 9.36 Å². The summed E-state index contributed by atoms with van der Waals surface area (Å²) in [6, 6.07) is 14.6. The van der Waals surface area contributed by atoms with E-state index >= 15 is 0 Å². The standard InChI is InChI=1S/C18H12Cl2N4O/c19-13-7-5-12(6-8-13)10-23-11-21-17-14(18(23)25)9-22-24(17)16-4-2-1-3-15(16)20/h1-9,11H,10H2. The average Bonchev–Trinajstić information content (AvgIpc) is 3.04. The normalized spacial score (nSPS) is 11.1. The largest absolute Gasteiger partial charge is 0.294 e. The van der Waals surface area contributed by atoms with E-state index in [0.29, 0.717) is 33.3 Å². The van der Waals surface area contributed by atoms with Crippen molar-refractivity contribution in [1.82, 2.24) is 19.3 Å². The van der Waals surface area contributed by atoms with Gasteiger partial charge < -0.3 is 0 Å². The Morgan fingerprint density at radius 2 is 1.76 bits per heavy atom. The van der Waals surface area contributed by atoms with Crippen LogP contribution in [0.25, 0.3) is 16.7 Å². The summed E-state index contributed by atoms with van der Waals surface area (Å²) in [7, 11) is 0. The fourth-order valence-corrected chi connectivity index (χ4v) is 2.99. The number of nitrogens with zero attached hydrogens (tertiary/aromatic N) is 4. The summed E-state index contributed by atoms with van der Waals surface area (Å²) in [5.41, 5.74) is 1.97. The highest BCUT2D eigenvalue weighted by Crippen LogP contribution is 2.21. The predicted octanol–water partition coefficient (Wildman–Crippen LogP) is 3.94. The second-order valence-electron chi connectivity index (χ2n) is 5.55. The van der Waals surface area contributed by atoms with Gasteiger partial charge in [0.2, 0.25) is 0 Å². The molecular formula is C18H12Cl2N4O. The van der Waals surface area contributed by atoms with Crippen molar-refractivity contribution in [2.45, 2.75) is 6.54 Å². The lowest BCUT2D eigenvalue weighted by atomic mass is 10.2. The molecule has 7 heteroatoms. The van der Waals surface area contributed by atoms with Gasteiger partial charge in [0.05, 0.1) is 23.5 Å². The van der Waals surface area contributed by atoms with Gasteiger partial charge in [-0.2, -0.15) is 5.10 Å². The molecule has 0 aliphatic carbocycles. The van der Waals surface area contributed by atoms with Gasteiger partial charge in [-0.15, -0.1) is 0 Å².